The second kappa shape index (κ2) is 12.9. The largest absolute Gasteiger partial charge is 0.354 e. The molecule has 4 heterocycles. The molecule has 3 fully saturated rings. The summed E-state index contributed by atoms with van der Waals surface area (Å²) in [5.74, 6) is -0.0316. The third kappa shape index (κ3) is 7.07. The van der Waals surface area contributed by atoms with Gasteiger partial charge in [0.05, 0.1) is 10.9 Å². The number of piperidine rings is 1. The summed E-state index contributed by atoms with van der Waals surface area (Å²) in [6.45, 7) is 1.33. The number of amides is 3. The van der Waals surface area contributed by atoms with Gasteiger partial charge < -0.3 is 15.1 Å². The zero-order valence-corrected chi connectivity index (χ0v) is 25.5. The first kappa shape index (κ1) is 29.5. The molecule has 3 amide bonds. The highest BCUT2D eigenvalue weighted by Crippen LogP contribution is 2.37. The van der Waals surface area contributed by atoms with Crippen molar-refractivity contribution in [2.75, 3.05) is 26.2 Å². The van der Waals surface area contributed by atoms with E-state index in [-0.39, 0.29) is 34.5 Å². The van der Waals surface area contributed by atoms with Gasteiger partial charge in [0.15, 0.2) is 0 Å². The summed E-state index contributed by atoms with van der Waals surface area (Å²) in [4.78, 5) is 43.7. The lowest BCUT2D eigenvalue weighted by Gasteiger charge is -2.34. The van der Waals surface area contributed by atoms with E-state index in [0.29, 0.717) is 49.2 Å². The Morgan fingerprint density at radius 3 is 2.42 bits per heavy atom. The number of rotatable bonds is 10. The molecule has 218 valence electrons. The fraction of sp³-hybridized carbons (Fsp3) is 0.593. The van der Waals surface area contributed by atoms with E-state index in [0.717, 1.165) is 46.8 Å². The van der Waals surface area contributed by atoms with Gasteiger partial charge in [-0.15, -0.1) is 22.7 Å². The van der Waals surface area contributed by atoms with Crippen molar-refractivity contribution in [3.8, 4) is 9.75 Å². The summed E-state index contributed by atoms with van der Waals surface area (Å²) < 4.78 is 29.5. The Morgan fingerprint density at radius 1 is 0.950 bits per heavy atom. The Balaban J connectivity index is 1.14. The van der Waals surface area contributed by atoms with Gasteiger partial charge in [-0.2, -0.15) is 4.72 Å². The van der Waals surface area contributed by atoms with E-state index in [1.54, 1.807) is 17.0 Å². The maximum atomic E-state index is 13.2. The van der Waals surface area contributed by atoms with Gasteiger partial charge in [0, 0.05) is 41.9 Å². The SMILES string of the molecule is O=C(CC1CCCC1)NCC1CCCN1C(=O)CN1CCCC(NS(=O)(=O)c2ccc(-c3ccc(Cl)s3)s2)C1=O. The smallest absolute Gasteiger partial charge is 0.250 e. The van der Waals surface area contributed by atoms with Crippen LogP contribution in [0.25, 0.3) is 9.75 Å². The number of carbonyl (C=O) groups excluding carboxylic acids is 3. The highest BCUT2D eigenvalue weighted by Gasteiger charge is 2.36. The summed E-state index contributed by atoms with van der Waals surface area (Å²) in [7, 11) is -3.92. The zero-order valence-electron chi connectivity index (χ0n) is 22.3. The number of carbonyl (C=O) groups is 3. The van der Waals surface area contributed by atoms with Gasteiger partial charge in [-0.3, -0.25) is 14.4 Å². The maximum Gasteiger partial charge on any atom is 0.250 e. The van der Waals surface area contributed by atoms with Crippen molar-refractivity contribution in [2.24, 2.45) is 5.92 Å². The molecule has 3 aliphatic rings. The average molecular weight is 627 g/mol. The summed E-state index contributed by atoms with van der Waals surface area (Å²) >= 11 is 8.51. The summed E-state index contributed by atoms with van der Waals surface area (Å²) in [6.07, 6.45) is 7.80. The molecule has 0 bridgehead atoms. The predicted octanol–water partition coefficient (Wildman–Crippen LogP) is 4.09. The van der Waals surface area contributed by atoms with Crippen LogP contribution in [0.4, 0.5) is 0 Å². The standard InChI is InChI=1S/C27H35ClN4O5S3/c28-23-11-9-21(38-23)22-10-12-26(39-22)40(36,37)30-20-8-4-13-31(27(20)35)17-25(34)32-14-3-7-19(32)16-29-24(33)15-18-5-1-2-6-18/h9-12,18-20,30H,1-8,13-17H2,(H,29,33). The van der Waals surface area contributed by atoms with Crippen molar-refractivity contribution in [1.82, 2.24) is 19.8 Å². The monoisotopic (exact) mass is 626 g/mol. The summed E-state index contributed by atoms with van der Waals surface area (Å²) in [5, 5.41) is 3.02. The Kier molecular flexibility index (Phi) is 9.51. The zero-order chi connectivity index (χ0) is 28.3. The van der Waals surface area contributed by atoms with Gasteiger partial charge in [0.2, 0.25) is 17.7 Å². The van der Waals surface area contributed by atoms with Crippen molar-refractivity contribution in [2.45, 2.75) is 74.1 Å². The molecule has 13 heteroatoms. The molecule has 1 aliphatic carbocycles. The molecule has 2 aromatic rings. The lowest BCUT2D eigenvalue weighted by Crippen LogP contribution is -2.55. The van der Waals surface area contributed by atoms with E-state index < -0.39 is 16.1 Å². The molecule has 9 nitrogen and oxygen atoms in total. The van der Waals surface area contributed by atoms with Gasteiger partial charge in [0.1, 0.15) is 10.3 Å². The molecule has 2 atom stereocenters. The number of likely N-dealkylation sites (tertiary alicyclic amines) is 2. The molecule has 40 heavy (non-hydrogen) atoms. The van der Waals surface area contributed by atoms with Crippen LogP contribution >= 0.6 is 34.3 Å². The third-order valence-corrected chi connectivity index (χ3v) is 12.5. The molecule has 1 saturated carbocycles. The van der Waals surface area contributed by atoms with Crippen LogP contribution in [-0.4, -0.2) is 74.2 Å². The number of halogens is 1. The van der Waals surface area contributed by atoms with Gasteiger partial charge in [-0.05, 0) is 68.7 Å². The van der Waals surface area contributed by atoms with E-state index in [1.807, 2.05) is 6.07 Å². The van der Waals surface area contributed by atoms with E-state index in [1.165, 1.54) is 35.1 Å². The van der Waals surface area contributed by atoms with Gasteiger partial charge in [0.25, 0.3) is 10.0 Å². The van der Waals surface area contributed by atoms with Crippen LogP contribution in [-0.2, 0) is 24.4 Å². The van der Waals surface area contributed by atoms with Crippen molar-refractivity contribution in [3.05, 3.63) is 28.6 Å². The average Bonchev–Trinajstić information content (AvgIpc) is 3.72. The first-order chi connectivity index (χ1) is 19.2. The molecule has 2 N–H and O–H groups in total. The fourth-order valence-electron chi connectivity index (χ4n) is 5.91. The molecular formula is C27H35ClN4O5S3. The second-order valence-corrected chi connectivity index (χ2v) is 15.6. The Morgan fingerprint density at radius 2 is 1.68 bits per heavy atom. The quantitative estimate of drug-likeness (QED) is 0.412. The van der Waals surface area contributed by atoms with Gasteiger partial charge >= 0.3 is 0 Å². The molecule has 5 rings (SSSR count). The molecule has 2 aliphatic heterocycles. The number of sulfonamides is 1. The van der Waals surface area contributed by atoms with Crippen molar-refractivity contribution >= 4 is 62.0 Å². The van der Waals surface area contributed by atoms with Gasteiger partial charge in [-0.25, -0.2) is 8.42 Å². The number of thiophene rings is 2. The lowest BCUT2D eigenvalue weighted by molar-refractivity contribution is -0.143. The lowest BCUT2D eigenvalue weighted by atomic mass is 10.0. The first-order valence-corrected chi connectivity index (χ1v) is 17.4. The molecule has 0 radical (unpaired) electrons. The maximum absolute atomic E-state index is 13.2. The van der Waals surface area contributed by atoms with Gasteiger partial charge in [-0.1, -0.05) is 24.4 Å². The molecule has 0 spiro atoms. The minimum Gasteiger partial charge on any atom is -0.354 e. The minimum atomic E-state index is -3.92. The predicted molar refractivity (Wildman–Crippen MR) is 157 cm³/mol. The second-order valence-electron chi connectivity index (χ2n) is 10.8. The Labute approximate surface area is 248 Å². The van der Waals surface area contributed by atoms with Crippen LogP contribution in [0.5, 0.6) is 0 Å². The van der Waals surface area contributed by atoms with E-state index in [9.17, 15) is 22.8 Å². The summed E-state index contributed by atoms with van der Waals surface area (Å²) in [5.41, 5.74) is 0. The van der Waals surface area contributed by atoms with E-state index >= 15 is 0 Å². The van der Waals surface area contributed by atoms with E-state index in [4.69, 9.17) is 11.6 Å². The highest BCUT2D eigenvalue weighted by molar-refractivity contribution is 7.91. The molecule has 2 unspecified atom stereocenters. The third-order valence-electron chi connectivity index (χ3n) is 8.00. The molecule has 2 saturated heterocycles. The van der Waals surface area contributed by atoms with Crippen molar-refractivity contribution in [1.29, 1.82) is 0 Å². The normalized spacial score (nSPS) is 22.3. The number of hydrogen-bond acceptors (Lipinski definition) is 7. The molecule has 0 aromatic carbocycles. The van der Waals surface area contributed by atoms with Crippen LogP contribution in [0.1, 0.15) is 57.8 Å². The topological polar surface area (TPSA) is 116 Å². The van der Waals surface area contributed by atoms with Crippen LogP contribution in [0, 0.1) is 5.92 Å². The van der Waals surface area contributed by atoms with Crippen LogP contribution in [0.2, 0.25) is 4.34 Å². The molecule has 2 aromatic heterocycles. The Hall–Kier alpha value is -1.99. The minimum absolute atomic E-state index is 0.0459. The summed E-state index contributed by atoms with van der Waals surface area (Å²) in [6, 6.07) is 5.88. The Bertz CT molecular complexity index is 1340. The van der Waals surface area contributed by atoms with Crippen molar-refractivity contribution < 1.29 is 22.8 Å². The number of nitrogens with zero attached hydrogens (tertiary/aromatic N) is 2. The van der Waals surface area contributed by atoms with E-state index in [2.05, 4.69) is 10.0 Å². The van der Waals surface area contributed by atoms with Crippen LogP contribution < -0.4 is 10.0 Å². The fourth-order valence-corrected chi connectivity index (χ4v) is 9.59. The van der Waals surface area contributed by atoms with Crippen molar-refractivity contribution in [3.63, 3.8) is 0 Å². The number of hydrogen-bond donors (Lipinski definition) is 2. The first-order valence-electron chi connectivity index (χ1n) is 13.9. The highest BCUT2D eigenvalue weighted by atomic mass is 35.5. The van der Waals surface area contributed by atoms with Crippen LogP contribution in [0.3, 0.4) is 0 Å². The number of nitrogens with one attached hydrogen (secondary N) is 2. The van der Waals surface area contributed by atoms with Crippen LogP contribution in [0.15, 0.2) is 28.5 Å². The molecular weight excluding hydrogens is 592 g/mol.